The highest BCUT2D eigenvalue weighted by Crippen LogP contribution is 2.36. The smallest absolute Gasteiger partial charge is 0.146 e. The van der Waals surface area contributed by atoms with Gasteiger partial charge in [0.2, 0.25) is 0 Å². The average Bonchev–Trinajstić information content (AvgIpc) is 2.60. The van der Waals surface area contributed by atoms with Crippen LogP contribution in [0.3, 0.4) is 0 Å². The molecular formula is C11H11Cl2N3O. The Morgan fingerprint density at radius 3 is 2.47 bits per heavy atom. The van der Waals surface area contributed by atoms with Gasteiger partial charge < -0.3 is 10.5 Å². The summed E-state index contributed by atoms with van der Waals surface area (Å²) >= 11 is 12.2. The molecule has 0 unspecified atom stereocenters. The van der Waals surface area contributed by atoms with Crippen molar-refractivity contribution in [3.05, 3.63) is 28.2 Å². The Morgan fingerprint density at radius 2 is 1.94 bits per heavy atom. The molecule has 0 bridgehead atoms. The van der Waals surface area contributed by atoms with Gasteiger partial charge in [-0.1, -0.05) is 23.2 Å². The number of ether oxygens (including phenoxy) is 1. The van der Waals surface area contributed by atoms with E-state index in [-0.39, 0.29) is 0 Å². The molecule has 90 valence electrons. The van der Waals surface area contributed by atoms with Crippen LogP contribution in [-0.4, -0.2) is 16.9 Å². The Kier molecular flexibility index (Phi) is 3.17. The molecule has 0 saturated carbocycles. The largest absolute Gasteiger partial charge is 0.495 e. The molecule has 0 radical (unpaired) electrons. The van der Waals surface area contributed by atoms with Crippen LogP contribution in [-0.2, 0) is 7.05 Å². The van der Waals surface area contributed by atoms with Crippen LogP contribution in [0, 0.1) is 0 Å². The molecule has 0 fully saturated rings. The number of nitrogen functional groups attached to an aromatic ring is 1. The van der Waals surface area contributed by atoms with E-state index in [0.717, 1.165) is 11.3 Å². The van der Waals surface area contributed by atoms with E-state index < -0.39 is 0 Å². The van der Waals surface area contributed by atoms with E-state index in [2.05, 4.69) is 5.10 Å². The zero-order chi connectivity index (χ0) is 12.6. The van der Waals surface area contributed by atoms with Gasteiger partial charge in [0.15, 0.2) is 0 Å². The lowest BCUT2D eigenvalue weighted by atomic mass is 10.1. The fraction of sp³-hybridized carbons (Fsp3) is 0.182. The minimum Gasteiger partial charge on any atom is -0.495 e. The summed E-state index contributed by atoms with van der Waals surface area (Å²) in [6.45, 7) is 0. The zero-order valence-electron chi connectivity index (χ0n) is 9.37. The second-order valence-electron chi connectivity index (χ2n) is 3.54. The molecular weight excluding hydrogens is 261 g/mol. The third kappa shape index (κ3) is 2.18. The van der Waals surface area contributed by atoms with Crippen LogP contribution < -0.4 is 10.5 Å². The molecule has 2 aromatic rings. The highest BCUT2D eigenvalue weighted by Gasteiger charge is 2.13. The SMILES string of the molecule is COc1cc(Cl)c(-c2cc(N)nn2C)cc1Cl. The summed E-state index contributed by atoms with van der Waals surface area (Å²) in [5.41, 5.74) is 7.20. The first kappa shape index (κ1) is 12.1. The quantitative estimate of drug-likeness (QED) is 0.914. The van der Waals surface area contributed by atoms with Crippen molar-refractivity contribution in [3.8, 4) is 17.0 Å². The van der Waals surface area contributed by atoms with E-state index in [0.29, 0.717) is 21.6 Å². The van der Waals surface area contributed by atoms with Crippen molar-refractivity contribution in [1.82, 2.24) is 9.78 Å². The van der Waals surface area contributed by atoms with Gasteiger partial charge in [0.1, 0.15) is 11.6 Å². The second-order valence-corrected chi connectivity index (χ2v) is 4.36. The summed E-state index contributed by atoms with van der Waals surface area (Å²) in [6, 6.07) is 5.14. The van der Waals surface area contributed by atoms with Crippen LogP contribution >= 0.6 is 23.2 Å². The monoisotopic (exact) mass is 271 g/mol. The lowest BCUT2D eigenvalue weighted by Gasteiger charge is -2.08. The molecule has 17 heavy (non-hydrogen) atoms. The van der Waals surface area contributed by atoms with E-state index in [1.54, 1.807) is 37.0 Å². The van der Waals surface area contributed by atoms with Crippen molar-refractivity contribution in [3.63, 3.8) is 0 Å². The van der Waals surface area contributed by atoms with Crippen LogP contribution in [0.1, 0.15) is 0 Å². The first-order chi connectivity index (χ1) is 8.02. The molecule has 2 N–H and O–H groups in total. The minimum atomic E-state index is 0.436. The Balaban J connectivity index is 2.60. The standard InChI is InChI=1S/C11H11Cl2N3O/c1-16-9(5-11(14)15-16)6-3-8(13)10(17-2)4-7(6)12/h3-5H,1-2H3,(H2,14,15). The van der Waals surface area contributed by atoms with Crippen molar-refractivity contribution in [2.75, 3.05) is 12.8 Å². The molecule has 4 nitrogen and oxygen atoms in total. The predicted molar refractivity (Wildman–Crippen MR) is 69.6 cm³/mol. The summed E-state index contributed by atoms with van der Waals surface area (Å²) in [4.78, 5) is 0. The number of anilines is 1. The number of hydrogen-bond acceptors (Lipinski definition) is 3. The van der Waals surface area contributed by atoms with Crippen LogP contribution in [0.5, 0.6) is 5.75 Å². The molecule has 1 heterocycles. The van der Waals surface area contributed by atoms with Crippen molar-refractivity contribution < 1.29 is 4.74 Å². The second kappa shape index (κ2) is 4.47. The molecule has 0 amide bonds. The van der Waals surface area contributed by atoms with Gasteiger partial charge in [-0.2, -0.15) is 5.10 Å². The van der Waals surface area contributed by atoms with Gasteiger partial charge in [-0.3, -0.25) is 4.68 Å². The summed E-state index contributed by atoms with van der Waals surface area (Å²) in [7, 11) is 3.33. The van der Waals surface area contributed by atoms with Gasteiger partial charge in [0.05, 0.1) is 22.8 Å². The highest BCUT2D eigenvalue weighted by atomic mass is 35.5. The number of nitrogens with zero attached hydrogens (tertiary/aromatic N) is 2. The zero-order valence-corrected chi connectivity index (χ0v) is 10.9. The molecule has 0 spiro atoms. The summed E-state index contributed by atoms with van der Waals surface area (Å²) in [5.74, 6) is 0.973. The van der Waals surface area contributed by atoms with Gasteiger partial charge in [0, 0.05) is 24.7 Å². The Labute approximate surface area is 109 Å². The van der Waals surface area contributed by atoms with Crippen LogP contribution in [0.2, 0.25) is 10.0 Å². The topological polar surface area (TPSA) is 53.1 Å². The van der Waals surface area contributed by atoms with E-state index in [1.807, 2.05) is 0 Å². The first-order valence-electron chi connectivity index (χ1n) is 4.86. The number of aromatic nitrogens is 2. The van der Waals surface area contributed by atoms with E-state index in [9.17, 15) is 0 Å². The fourth-order valence-electron chi connectivity index (χ4n) is 1.62. The average molecular weight is 272 g/mol. The number of halogens is 2. The van der Waals surface area contributed by atoms with Gasteiger partial charge >= 0.3 is 0 Å². The normalized spacial score (nSPS) is 10.6. The molecule has 0 aliphatic rings. The van der Waals surface area contributed by atoms with Crippen molar-refractivity contribution in [2.45, 2.75) is 0 Å². The van der Waals surface area contributed by atoms with Crippen molar-refractivity contribution in [2.24, 2.45) is 7.05 Å². The number of rotatable bonds is 2. The third-order valence-corrected chi connectivity index (χ3v) is 3.02. The van der Waals surface area contributed by atoms with E-state index in [4.69, 9.17) is 33.7 Å². The third-order valence-electron chi connectivity index (χ3n) is 2.42. The molecule has 2 rings (SSSR count). The van der Waals surface area contributed by atoms with Crippen LogP contribution in [0.15, 0.2) is 18.2 Å². The molecule has 6 heteroatoms. The van der Waals surface area contributed by atoms with Gasteiger partial charge in [-0.25, -0.2) is 0 Å². The summed E-state index contributed by atoms with van der Waals surface area (Å²) in [6.07, 6.45) is 0. The van der Waals surface area contributed by atoms with Gasteiger partial charge in [0.25, 0.3) is 0 Å². The van der Waals surface area contributed by atoms with Crippen LogP contribution in [0.25, 0.3) is 11.3 Å². The maximum absolute atomic E-state index is 6.18. The summed E-state index contributed by atoms with van der Waals surface area (Å²) < 4.78 is 6.74. The lowest BCUT2D eigenvalue weighted by Crippen LogP contribution is -1.95. The molecule has 0 saturated heterocycles. The molecule has 1 aromatic heterocycles. The lowest BCUT2D eigenvalue weighted by molar-refractivity contribution is 0.415. The Hall–Kier alpha value is -1.39. The molecule has 1 aromatic carbocycles. The number of methoxy groups -OCH3 is 1. The first-order valence-corrected chi connectivity index (χ1v) is 5.61. The minimum absolute atomic E-state index is 0.436. The van der Waals surface area contributed by atoms with E-state index >= 15 is 0 Å². The number of aryl methyl sites for hydroxylation is 1. The van der Waals surface area contributed by atoms with E-state index in [1.165, 1.54) is 0 Å². The highest BCUT2D eigenvalue weighted by molar-refractivity contribution is 6.36. The number of nitrogens with two attached hydrogens (primary N) is 1. The molecule has 0 atom stereocenters. The van der Waals surface area contributed by atoms with Gasteiger partial charge in [-0.05, 0) is 6.07 Å². The number of hydrogen-bond donors (Lipinski definition) is 1. The fourth-order valence-corrected chi connectivity index (χ4v) is 2.11. The Morgan fingerprint density at radius 1 is 1.24 bits per heavy atom. The maximum Gasteiger partial charge on any atom is 0.146 e. The van der Waals surface area contributed by atoms with Crippen molar-refractivity contribution >= 4 is 29.0 Å². The predicted octanol–water partition coefficient (Wildman–Crippen LogP) is 2.98. The molecule has 0 aliphatic heterocycles. The van der Waals surface area contributed by atoms with Crippen molar-refractivity contribution in [1.29, 1.82) is 0 Å². The summed E-state index contributed by atoms with van der Waals surface area (Å²) in [5, 5.41) is 5.09. The number of benzene rings is 1. The Bertz CT molecular complexity index is 566. The molecule has 0 aliphatic carbocycles. The van der Waals surface area contributed by atoms with Crippen LogP contribution in [0.4, 0.5) is 5.82 Å². The maximum atomic E-state index is 6.18. The van der Waals surface area contributed by atoms with Gasteiger partial charge in [-0.15, -0.1) is 0 Å².